The Morgan fingerprint density at radius 1 is 1.00 bits per heavy atom. The molecule has 0 aromatic heterocycles. The van der Waals surface area contributed by atoms with Crippen LogP contribution < -0.4 is 14.8 Å². The van der Waals surface area contributed by atoms with E-state index in [1.165, 1.54) is 0 Å². The fourth-order valence-corrected chi connectivity index (χ4v) is 5.52. The lowest BCUT2D eigenvalue weighted by Crippen LogP contribution is -2.60. The summed E-state index contributed by atoms with van der Waals surface area (Å²) in [6.07, 6.45) is 2.23. The summed E-state index contributed by atoms with van der Waals surface area (Å²) in [4.78, 5) is 12.9. The highest BCUT2D eigenvalue weighted by Crippen LogP contribution is 2.57. The molecule has 1 atom stereocenters. The maximum atomic E-state index is 12.9. The minimum absolute atomic E-state index is 0.00812. The van der Waals surface area contributed by atoms with Crippen molar-refractivity contribution in [3.05, 3.63) is 23.8 Å². The Morgan fingerprint density at radius 2 is 1.66 bits per heavy atom. The van der Waals surface area contributed by atoms with E-state index >= 15 is 0 Å². The van der Waals surface area contributed by atoms with Crippen molar-refractivity contribution in [3.63, 3.8) is 0 Å². The molecule has 2 saturated heterocycles. The predicted molar refractivity (Wildman–Crippen MR) is 117 cm³/mol. The van der Waals surface area contributed by atoms with Crippen LogP contribution in [0.15, 0.2) is 18.2 Å². The van der Waals surface area contributed by atoms with Gasteiger partial charge in [0, 0.05) is 25.3 Å². The van der Waals surface area contributed by atoms with Crippen molar-refractivity contribution in [1.82, 2.24) is 5.32 Å². The molecule has 2 aliphatic heterocycles. The van der Waals surface area contributed by atoms with Crippen LogP contribution in [0.1, 0.15) is 38.7 Å². The molecule has 1 aromatic carbocycles. The minimum Gasteiger partial charge on any atom is -0.493 e. The lowest BCUT2D eigenvalue weighted by Gasteiger charge is -2.54. The Labute approximate surface area is 189 Å². The third-order valence-corrected chi connectivity index (χ3v) is 6.88. The van der Waals surface area contributed by atoms with E-state index in [-0.39, 0.29) is 17.2 Å². The number of rotatable bonds is 7. The van der Waals surface area contributed by atoms with Gasteiger partial charge >= 0.3 is 0 Å². The highest BCUT2D eigenvalue weighted by atomic mass is 16.8. The fourth-order valence-electron chi connectivity index (χ4n) is 5.52. The Kier molecular flexibility index (Phi) is 6.68. The SMILES string of the molecule is COc1ccc(CCNC(=O)CC2C(C)(C)CC3(CC24OCCO4)OCCO3)cc1OC. The highest BCUT2D eigenvalue weighted by Gasteiger charge is 2.63. The Morgan fingerprint density at radius 3 is 2.31 bits per heavy atom. The second kappa shape index (κ2) is 9.17. The first-order chi connectivity index (χ1) is 15.3. The van der Waals surface area contributed by atoms with Crippen molar-refractivity contribution in [2.45, 2.75) is 51.1 Å². The Balaban J connectivity index is 1.38. The molecule has 8 heteroatoms. The molecule has 1 unspecified atom stereocenters. The summed E-state index contributed by atoms with van der Waals surface area (Å²) < 4.78 is 35.0. The molecule has 3 aliphatic rings. The number of hydrogen-bond donors (Lipinski definition) is 1. The minimum atomic E-state index is -0.854. The van der Waals surface area contributed by atoms with Crippen LogP contribution in [0.3, 0.4) is 0 Å². The van der Waals surface area contributed by atoms with Crippen LogP contribution in [0, 0.1) is 11.3 Å². The summed E-state index contributed by atoms with van der Waals surface area (Å²) in [5.74, 6) is -0.276. The van der Waals surface area contributed by atoms with E-state index in [0.717, 1.165) is 5.56 Å². The number of methoxy groups -OCH3 is 2. The average Bonchev–Trinajstić information content (AvgIpc) is 3.40. The number of nitrogens with one attached hydrogen (secondary N) is 1. The van der Waals surface area contributed by atoms with Crippen LogP contribution in [0.5, 0.6) is 11.5 Å². The second-order valence-electron chi connectivity index (χ2n) is 9.50. The maximum absolute atomic E-state index is 12.9. The Hall–Kier alpha value is -1.87. The number of ether oxygens (including phenoxy) is 6. The van der Waals surface area contributed by atoms with Crippen molar-refractivity contribution in [3.8, 4) is 11.5 Å². The molecule has 3 fully saturated rings. The van der Waals surface area contributed by atoms with Crippen LogP contribution in [0.2, 0.25) is 0 Å². The largest absolute Gasteiger partial charge is 0.493 e. The standard InChI is InChI=1S/C24H35NO7/c1-22(2)15-23(29-9-10-30-23)16-24(31-11-12-32-24)20(22)14-21(26)25-8-7-17-5-6-18(27-3)19(13-17)28-4/h5-6,13,20H,7-12,14-16H2,1-4H3,(H,25,26). The quantitative estimate of drug-likeness (QED) is 0.685. The number of carbonyl (C=O) groups excluding carboxylic acids is 1. The van der Waals surface area contributed by atoms with Crippen LogP contribution in [0.25, 0.3) is 0 Å². The zero-order valence-electron chi connectivity index (χ0n) is 19.5. The molecular weight excluding hydrogens is 414 g/mol. The summed E-state index contributed by atoms with van der Waals surface area (Å²) in [7, 11) is 3.23. The molecule has 1 saturated carbocycles. The van der Waals surface area contributed by atoms with Gasteiger partial charge in [-0.05, 0) is 29.5 Å². The fraction of sp³-hybridized carbons (Fsp3) is 0.708. The molecule has 8 nitrogen and oxygen atoms in total. The molecule has 0 radical (unpaired) electrons. The van der Waals surface area contributed by atoms with Gasteiger partial charge in [-0.15, -0.1) is 0 Å². The van der Waals surface area contributed by atoms with E-state index in [4.69, 9.17) is 28.4 Å². The smallest absolute Gasteiger partial charge is 0.220 e. The first-order valence-electron chi connectivity index (χ1n) is 11.3. The number of carbonyl (C=O) groups is 1. The third-order valence-electron chi connectivity index (χ3n) is 6.88. The molecular formula is C24H35NO7. The van der Waals surface area contributed by atoms with Gasteiger partial charge in [0.1, 0.15) is 0 Å². The summed E-state index contributed by atoms with van der Waals surface area (Å²) in [5, 5.41) is 3.07. The number of benzene rings is 1. The predicted octanol–water partition coefficient (Wildman–Crippen LogP) is 2.68. The van der Waals surface area contributed by atoms with Gasteiger partial charge in [0.05, 0.1) is 47.1 Å². The van der Waals surface area contributed by atoms with E-state index in [2.05, 4.69) is 19.2 Å². The van der Waals surface area contributed by atoms with Gasteiger partial charge in [0.25, 0.3) is 0 Å². The van der Waals surface area contributed by atoms with Crippen molar-refractivity contribution in [2.75, 3.05) is 47.2 Å². The van der Waals surface area contributed by atoms with Gasteiger partial charge in [-0.3, -0.25) is 4.79 Å². The lowest BCUT2D eigenvalue weighted by atomic mass is 9.62. The third kappa shape index (κ3) is 4.59. The van der Waals surface area contributed by atoms with Gasteiger partial charge in [-0.2, -0.15) is 0 Å². The van der Waals surface area contributed by atoms with Crippen molar-refractivity contribution < 1.29 is 33.2 Å². The zero-order chi connectivity index (χ0) is 22.8. The number of amides is 1. The van der Waals surface area contributed by atoms with E-state index in [9.17, 15) is 4.79 Å². The molecule has 0 bridgehead atoms. The van der Waals surface area contributed by atoms with Crippen LogP contribution >= 0.6 is 0 Å². The first kappa shape index (κ1) is 23.3. The normalized spacial score (nSPS) is 25.2. The van der Waals surface area contributed by atoms with E-state index in [0.29, 0.717) is 70.2 Å². The molecule has 2 heterocycles. The molecule has 32 heavy (non-hydrogen) atoms. The zero-order valence-corrected chi connectivity index (χ0v) is 19.5. The Bertz CT molecular complexity index is 813. The molecule has 2 spiro atoms. The van der Waals surface area contributed by atoms with Crippen LogP contribution in [-0.4, -0.2) is 64.7 Å². The second-order valence-corrected chi connectivity index (χ2v) is 9.50. The molecule has 1 aliphatic carbocycles. The van der Waals surface area contributed by atoms with Gasteiger partial charge < -0.3 is 33.7 Å². The topological polar surface area (TPSA) is 84.5 Å². The van der Waals surface area contributed by atoms with E-state index in [1.54, 1.807) is 14.2 Å². The lowest BCUT2D eigenvalue weighted by molar-refractivity contribution is -0.322. The van der Waals surface area contributed by atoms with Crippen LogP contribution in [-0.2, 0) is 30.2 Å². The van der Waals surface area contributed by atoms with Crippen molar-refractivity contribution in [1.29, 1.82) is 0 Å². The van der Waals surface area contributed by atoms with E-state index in [1.807, 2.05) is 18.2 Å². The first-order valence-corrected chi connectivity index (χ1v) is 11.3. The highest BCUT2D eigenvalue weighted by molar-refractivity contribution is 5.76. The summed E-state index contributed by atoms with van der Waals surface area (Å²) in [6.45, 7) is 7.01. The van der Waals surface area contributed by atoms with Crippen LogP contribution in [0.4, 0.5) is 0 Å². The van der Waals surface area contributed by atoms with Crippen molar-refractivity contribution >= 4 is 5.91 Å². The van der Waals surface area contributed by atoms with Crippen molar-refractivity contribution in [2.24, 2.45) is 11.3 Å². The molecule has 4 rings (SSSR count). The van der Waals surface area contributed by atoms with Gasteiger partial charge in [0.2, 0.25) is 5.91 Å². The number of hydrogen-bond acceptors (Lipinski definition) is 7. The van der Waals surface area contributed by atoms with E-state index < -0.39 is 11.6 Å². The molecule has 178 valence electrons. The average molecular weight is 450 g/mol. The van der Waals surface area contributed by atoms with Gasteiger partial charge in [-0.1, -0.05) is 19.9 Å². The summed E-state index contributed by atoms with van der Waals surface area (Å²) in [5.41, 5.74) is 0.811. The maximum Gasteiger partial charge on any atom is 0.220 e. The molecule has 1 N–H and O–H groups in total. The molecule has 1 aromatic rings. The van der Waals surface area contributed by atoms with Gasteiger partial charge in [-0.25, -0.2) is 0 Å². The summed E-state index contributed by atoms with van der Waals surface area (Å²) in [6, 6.07) is 5.79. The molecule has 1 amide bonds. The van der Waals surface area contributed by atoms with Gasteiger partial charge in [0.15, 0.2) is 23.1 Å². The summed E-state index contributed by atoms with van der Waals surface area (Å²) >= 11 is 0. The monoisotopic (exact) mass is 449 g/mol.